The zero-order chi connectivity index (χ0) is 14.5. The van der Waals surface area contributed by atoms with E-state index in [4.69, 9.17) is 0 Å². The highest BCUT2D eigenvalue weighted by atomic mass is 16.2. The van der Waals surface area contributed by atoms with Crippen molar-refractivity contribution in [2.45, 2.75) is 19.8 Å². The van der Waals surface area contributed by atoms with E-state index in [1.165, 1.54) is 5.56 Å². The van der Waals surface area contributed by atoms with Crippen LogP contribution in [-0.4, -0.2) is 48.9 Å². The zero-order valence-corrected chi connectivity index (χ0v) is 12.7. The summed E-state index contributed by atoms with van der Waals surface area (Å²) < 4.78 is 0. The summed E-state index contributed by atoms with van der Waals surface area (Å²) in [5.41, 5.74) is 2.41. The van der Waals surface area contributed by atoms with E-state index in [0.29, 0.717) is 5.92 Å². The number of rotatable bonds is 3. The Labute approximate surface area is 121 Å². The van der Waals surface area contributed by atoms with E-state index >= 15 is 0 Å². The molecule has 1 aromatic rings. The molecule has 0 atom stereocenters. The maximum absolute atomic E-state index is 12.1. The van der Waals surface area contributed by atoms with Gasteiger partial charge in [-0.25, -0.2) is 0 Å². The third-order valence-corrected chi connectivity index (χ3v) is 3.84. The van der Waals surface area contributed by atoms with Gasteiger partial charge in [0.15, 0.2) is 0 Å². The molecule has 0 aromatic heterocycles. The monoisotopic (exact) mass is 272 g/mol. The number of hydrogen-bond acceptors (Lipinski definition) is 2. The lowest BCUT2D eigenvalue weighted by Crippen LogP contribution is -2.46. The Balaban J connectivity index is 1.93. The lowest BCUT2D eigenvalue weighted by atomic mass is 10.0. The van der Waals surface area contributed by atoms with E-state index in [2.05, 4.69) is 50.1 Å². The summed E-state index contributed by atoms with van der Waals surface area (Å²) in [6.45, 7) is 7.94. The summed E-state index contributed by atoms with van der Waals surface area (Å²) in [6, 6.07) is 8.40. The van der Waals surface area contributed by atoms with Crippen molar-refractivity contribution in [3.05, 3.63) is 41.5 Å². The van der Waals surface area contributed by atoms with Gasteiger partial charge in [0.25, 0.3) is 0 Å². The molecule has 1 aliphatic rings. The van der Waals surface area contributed by atoms with Gasteiger partial charge < -0.3 is 9.80 Å². The van der Waals surface area contributed by atoms with E-state index in [1.807, 2.05) is 11.0 Å². The summed E-state index contributed by atoms with van der Waals surface area (Å²) in [4.78, 5) is 16.2. The molecule has 0 bridgehead atoms. The molecule has 0 spiro atoms. The van der Waals surface area contributed by atoms with Crippen molar-refractivity contribution in [2.24, 2.45) is 0 Å². The van der Waals surface area contributed by atoms with Crippen LogP contribution in [0.4, 0.5) is 0 Å². The maximum atomic E-state index is 12.1. The predicted molar refractivity (Wildman–Crippen MR) is 83.6 cm³/mol. The molecule has 1 aromatic carbocycles. The highest BCUT2D eigenvalue weighted by Gasteiger charge is 2.16. The molecule has 0 N–H and O–H groups in total. The van der Waals surface area contributed by atoms with E-state index in [-0.39, 0.29) is 5.91 Å². The molecule has 1 aliphatic heterocycles. The fourth-order valence-corrected chi connectivity index (χ4v) is 2.29. The van der Waals surface area contributed by atoms with Gasteiger partial charge >= 0.3 is 0 Å². The third-order valence-electron chi connectivity index (χ3n) is 3.84. The number of likely N-dealkylation sites (N-methyl/N-ethyl adjacent to an activating group) is 1. The molecular weight excluding hydrogens is 248 g/mol. The summed E-state index contributed by atoms with van der Waals surface area (Å²) in [7, 11) is 2.09. The second-order valence-corrected chi connectivity index (χ2v) is 5.78. The lowest BCUT2D eigenvalue weighted by molar-refractivity contribution is -0.127. The average molecular weight is 272 g/mol. The van der Waals surface area contributed by atoms with Crippen LogP contribution >= 0.6 is 0 Å². The van der Waals surface area contributed by atoms with Crippen LogP contribution in [0, 0.1) is 0 Å². The van der Waals surface area contributed by atoms with Crippen molar-refractivity contribution in [1.29, 1.82) is 0 Å². The molecule has 0 aliphatic carbocycles. The van der Waals surface area contributed by atoms with Crippen molar-refractivity contribution in [1.82, 2.24) is 9.80 Å². The molecule has 3 heteroatoms. The molecule has 1 amide bonds. The van der Waals surface area contributed by atoms with E-state index in [9.17, 15) is 4.79 Å². The van der Waals surface area contributed by atoms with Crippen LogP contribution in [0.2, 0.25) is 0 Å². The van der Waals surface area contributed by atoms with Crippen molar-refractivity contribution < 1.29 is 4.79 Å². The largest absolute Gasteiger partial charge is 0.337 e. The minimum absolute atomic E-state index is 0.117. The van der Waals surface area contributed by atoms with Crippen molar-refractivity contribution in [3.8, 4) is 0 Å². The van der Waals surface area contributed by atoms with Gasteiger partial charge in [0.05, 0.1) is 0 Å². The molecule has 1 fully saturated rings. The highest BCUT2D eigenvalue weighted by molar-refractivity contribution is 5.91. The Morgan fingerprint density at radius 1 is 1.10 bits per heavy atom. The standard InChI is InChI=1S/C17H24N2O/c1-14(2)16-7-4-15(5-8-16)6-9-17(20)19-12-10-18(3)11-13-19/h4-9,14H,10-13H2,1-3H3/b9-6+. The molecule has 1 heterocycles. The summed E-state index contributed by atoms with van der Waals surface area (Å²) in [6.07, 6.45) is 3.60. The van der Waals surface area contributed by atoms with Crippen molar-refractivity contribution in [2.75, 3.05) is 33.2 Å². The van der Waals surface area contributed by atoms with Crippen LogP contribution < -0.4 is 0 Å². The van der Waals surface area contributed by atoms with Crippen LogP contribution in [0.1, 0.15) is 30.9 Å². The van der Waals surface area contributed by atoms with Crippen LogP contribution in [0.5, 0.6) is 0 Å². The highest BCUT2D eigenvalue weighted by Crippen LogP contribution is 2.15. The number of carbonyl (C=O) groups is 1. The van der Waals surface area contributed by atoms with Crippen LogP contribution in [0.15, 0.2) is 30.3 Å². The van der Waals surface area contributed by atoms with Crippen molar-refractivity contribution in [3.63, 3.8) is 0 Å². The van der Waals surface area contributed by atoms with Crippen LogP contribution in [0.3, 0.4) is 0 Å². The summed E-state index contributed by atoms with van der Waals surface area (Å²) >= 11 is 0. The number of benzene rings is 1. The van der Waals surface area contributed by atoms with Gasteiger partial charge in [-0.2, -0.15) is 0 Å². The molecule has 2 rings (SSSR count). The first-order chi connectivity index (χ1) is 9.56. The van der Waals surface area contributed by atoms with Gasteiger partial charge in [-0.15, -0.1) is 0 Å². The Hall–Kier alpha value is -1.61. The summed E-state index contributed by atoms with van der Waals surface area (Å²) in [5, 5.41) is 0. The van der Waals surface area contributed by atoms with E-state index in [0.717, 1.165) is 31.7 Å². The predicted octanol–water partition coefficient (Wildman–Crippen LogP) is 2.60. The first-order valence-corrected chi connectivity index (χ1v) is 7.32. The minimum Gasteiger partial charge on any atom is -0.337 e. The molecule has 0 radical (unpaired) electrons. The molecule has 0 unspecified atom stereocenters. The Morgan fingerprint density at radius 3 is 2.25 bits per heavy atom. The zero-order valence-electron chi connectivity index (χ0n) is 12.7. The Morgan fingerprint density at radius 2 is 1.70 bits per heavy atom. The topological polar surface area (TPSA) is 23.6 Å². The molecule has 108 valence electrons. The van der Waals surface area contributed by atoms with Crippen LogP contribution in [0.25, 0.3) is 6.08 Å². The fourth-order valence-electron chi connectivity index (χ4n) is 2.29. The number of amides is 1. The van der Waals surface area contributed by atoms with Gasteiger partial charge in [-0.05, 0) is 30.2 Å². The fraction of sp³-hybridized carbons (Fsp3) is 0.471. The summed E-state index contributed by atoms with van der Waals surface area (Å²) in [5.74, 6) is 0.658. The molecule has 20 heavy (non-hydrogen) atoms. The third kappa shape index (κ3) is 3.94. The van der Waals surface area contributed by atoms with Crippen LogP contribution in [-0.2, 0) is 4.79 Å². The van der Waals surface area contributed by atoms with Gasteiger partial charge in [0.2, 0.25) is 5.91 Å². The Bertz CT molecular complexity index is 468. The quantitative estimate of drug-likeness (QED) is 0.790. The lowest BCUT2D eigenvalue weighted by Gasteiger charge is -2.31. The second-order valence-electron chi connectivity index (χ2n) is 5.78. The maximum Gasteiger partial charge on any atom is 0.246 e. The van der Waals surface area contributed by atoms with E-state index in [1.54, 1.807) is 6.08 Å². The van der Waals surface area contributed by atoms with E-state index < -0.39 is 0 Å². The van der Waals surface area contributed by atoms with Gasteiger partial charge in [-0.3, -0.25) is 4.79 Å². The molecular formula is C17H24N2O. The Kier molecular flexibility index (Phi) is 4.96. The normalized spacial score (nSPS) is 17.1. The molecule has 0 saturated carbocycles. The first kappa shape index (κ1) is 14.8. The SMILES string of the molecule is CC(C)c1ccc(/C=C/C(=O)N2CCN(C)CC2)cc1. The molecule has 1 saturated heterocycles. The second kappa shape index (κ2) is 6.71. The number of nitrogens with zero attached hydrogens (tertiary/aromatic N) is 2. The van der Waals surface area contributed by atoms with Gasteiger partial charge in [0, 0.05) is 32.3 Å². The average Bonchev–Trinajstić information content (AvgIpc) is 2.46. The minimum atomic E-state index is 0.117. The number of piperazine rings is 1. The number of carbonyl (C=O) groups excluding carboxylic acids is 1. The number of hydrogen-bond donors (Lipinski definition) is 0. The smallest absolute Gasteiger partial charge is 0.246 e. The van der Waals surface area contributed by atoms with Crippen molar-refractivity contribution >= 4 is 12.0 Å². The van der Waals surface area contributed by atoms with Gasteiger partial charge in [-0.1, -0.05) is 38.1 Å². The van der Waals surface area contributed by atoms with Gasteiger partial charge in [0.1, 0.15) is 0 Å². The molecule has 3 nitrogen and oxygen atoms in total. The first-order valence-electron chi connectivity index (χ1n) is 7.32.